The third-order valence-electron chi connectivity index (χ3n) is 4.14. The van der Waals surface area contributed by atoms with Crippen LogP contribution in [0.2, 0.25) is 0 Å². The number of nitro groups is 1. The first-order valence-corrected chi connectivity index (χ1v) is 8.27. The molecule has 2 rings (SSSR count). The molecule has 2 heterocycles. The lowest BCUT2D eigenvalue weighted by atomic mass is 10.2. The van der Waals surface area contributed by atoms with E-state index in [-0.39, 0.29) is 18.8 Å². The molecule has 0 aromatic carbocycles. The summed E-state index contributed by atoms with van der Waals surface area (Å²) in [5.74, 6) is -1.00. The van der Waals surface area contributed by atoms with Gasteiger partial charge in [0.2, 0.25) is 5.69 Å². The Balaban J connectivity index is 2.11. The minimum atomic E-state index is -4.53. The van der Waals surface area contributed by atoms with Crippen molar-refractivity contribution in [2.75, 3.05) is 32.7 Å². The number of piperazine rings is 1. The van der Waals surface area contributed by atoms with Gasteiger partial charge >= 0.3 is 11.9 Å². The maximum Gasteiger partial charge on any atom is 0.405 e. The topological polar surface area (TPSA) is 116 Å². The van der Waals surface area contributed by atoms with Crippen LogP contribution < -0.4 is 10.6 Å². The highest BCUT2D eigenvalue weighted by molar-refractivity contribution is 5.96. The fourth-order valence-corrected chi connectivity index (χ4v) is 2.87. The number of carbonyl (C=O) groups is 1. The van der Waals surface area contributed by atoms with E-state index < -0.39 is 41.0 Å². The SMILES string of the molecule is CCCc1[nH]nc(C(=O)NCC(N2CCNCC2)C(F)(F)F)c1[N+](=O)[O-]. The van der Waals surface area contributed by atoms with Gasteiger partial charge in [0.15, 0.2) is 0 Å². The molecule has 26 heavy (non-hydrogen) atoms. The van der Waals surface area contributed by atoms with Crippen LogP contribution in [0, 0.1) is 10.1 Å². The molecule has 1 aromatic rings. The molecule has 3 N–H and O–H groups in total. The van der Waals surface area contributed by atoms with Crippen LogP contribution >= 0.6 is 0 Å². The van der Waals surface area contributed by atoms with Crippen molar-refractivity contribution in [3.05, 3.63) is 21.5 Å². The number of aryl methyl sites for hydroxylation is 1. The molecule has 1 aromatic heterocycles. The van der Waals surface area contributed by atoms with Gasteiger partial charge in [-0.15, -0.1) is 0 Å². The van der Waals surface area contributed by atoms with Gasteiger partial charge in [-0.3, -0.25) is 24.9 Å². The van der Waals surface area contributed by atoms with E-state index >= 15 is 0 Å². The summed E-state index contributed by atoms with van der Waals surface area (Å²) in [6.07, 6.45) is -3.64. The van der Waals surface area contributed by atoms with Crippen LogP contribution in [0.5, 0.6) is 0 Å². The van der Waals surface area contributed by atoms with Crippen LogP contribution in [0.3, 0.4) is 0 Å². The van der Waals surface area contributed by atoms with Crippen LogP contribution in [0.4, 0.5) is 18.9 Å². The van der Waals surface area contributed by atoms with Crippen LogP contribution in [-0.2, 0) is 6.42 Å². The van der Waals surface area contributed by atoms with Crippen molar-refractivity contribution in [3.63, 3.8) is 0 Å². The molecule has 1 atom stereocenters. The lowest BCUT2D eigenvalue weighted by molar-refractivity contribution is -0.385. The highest BCUT2D eigenvalue weighted by Gasteiger charge is 2.44. The Hall–Kier alpha value is -2.21. The molecule has 1 amide bonds. The van der Waals surface area contributed by atoms with E-state index in [0.717, 1.165) is 0 Å². The van der Waals surface area contributed by atoms with Crippen LogP contribution in [0.25, 0.3) is 0 Å². The minimum absolute atomic E-state index is 0.178. The molecule has 0 bridgehead atoms. The molecule has 9 nitrogen and oxygen atoms in total. The average Bonchev–Trinajstić information content (AvgIpc) is 2.99. The number of carbonyl (C=O) groups excluding carboxylic acids is 1. The van der Waals surface area contributed by atoms with Crippen molar-refractivity contribution < 1.29 is 22.9 Å². The Bertz CT molecular complexity index is 642. The zero-order chi connectivity index (χ0) is 19.3. The van der Waals surface area contributed by atoms with E-state index in [0.29, 0.717) is 25.9 Å². The van der Waals surface area contributed by atoms with Gasteiger partial charge < -0.3 is 10.6 Å². The van der Waals surface area contributed by atoms with Crippen molar-refractivity contribution in [2.45, 2.75) is 32.0 Å². The Morgan fingerprint density at radius 3 is 2.62 bits per heavy atom. The monoisotopic (exact) mass is 378 g/mol. The van der Waals surface area contributed by atoms with E-state index in [4.69, 9.17) is 0 Å². The number of aromatic nitrogens is 2. The van der Waals surface area contributed by atoms with Gasteiger partial charge in [-0.25, -0.2) is 0 Å². The summed E-state index contributed by atoms with van der Waals surface area (Å²) in [6.45, 7) is 2.34. The van der Waals surface area contributed by atoms with E-state index in [9.17, 15) is 28.1 Å². The van der Waals surface area contributed by atoms with Gasteiger partial charge in [0.1, 0.15) is 11.7 Å². The molecule has 1 aliphatic heterocycles. The largest absolute Gasteiger partial charge is 0.405 e. The molecular formula is C14H21F3N6O3. The number of hydrogen-bond acceptors (Lipinski definition) is 6. The first-order chi connectivity index (χ1) is 12.3. The Morgan fingerprint density at radius 2 is 2.08 bits per heavy atom. The highest BCUT2D eigenvalue weighted by Crippen LogP contribution is 2.26. The number of rotatable bonds is 7. The molecule has 0 aliphatic carbocycles. The summed E-state index contributed by atoms with van der Waals surface area (Å²) in [6, 6.07) is -1.86. The first-order valence-electron chi connectivity index (χ1n) is 8.27. The fourth-order valence-electron chi connectivity index (χ4n) is 2.87. The maximum atomic E-state index is 13.3. The molecule has 0 saturated carbocycles. The standard InChI is InChI=1S/C14H21F3N6O3/c1-2-3-9-12(23(25)26)11(21-20-9)13(24)19-8-10(14(15,16)17)22-6-4-18-5-7-22/h10,18H,2-8H2,1H3,(H,19,24)(H,20,21). The number of aromatic amines is 1. The first kappa shape index (κ1) is 20.1. The summed E-state index contributed by atoms with van der Waals surface area (Å²) in [4.78, 5) is 23.9. The fraction of sp³-hybridized carbons (Fsp3) is 0.714. The van der Waals surface area contributed by atoms with Crippen molar-refractivity contribution in [1.29, 1.82) is 0 Å². The van der Waals surface area contributed by atoms with E-state index in [1.54, 1.807) is 6.92 Å². The Labute approximate surface area is 147 Å². The van der Waals surface area contributed by atoms with E-state index in [1.807, 2.05) is 0 Å². The van der Waals surface area contributed by atoms with Crippen LogP contribution in [0.1, 0.15) is 29.5 Å². The molecule has 146 valence electrons. The molecule has 0 radical (unpaired) electrons. The second kappa shape index (κ2) is 8.45. The molecule has 1 unspecified atom stereocenters. The number of nitrogens with one attached hydrogen (secondary N) is 3. The Morgan fingerprint density at radius 1 is 1.42 bits per heavy atom. The average molecular weight is 378 g/mol. The summed E-state index contributed by atoms with van der Waals surface area (Å²) in [5.41, 5.74) is -0.813. The lowest BCUT2D eigenvalue weighted by Crippen LogP contribution is -2.57. The summed E-state index contributed by atoms with van der Waals surface area (Å²) in [7, 11) is 0. The third kappa shape index (κ3) is 4.69. The smallest absolute Gasteiger partial charge is 0.348 e. The maximum absolute atomic E-state index is 13.3. The van der Waals surface area contributed by atoms with Crippen molar-refractivity contribution in [3.8, 4) is 0 Å². The van der Waals surface area contributed by atoms with E-state index in [2.05, 4.69) is 20.8 Å². The highest BCUT2D eigenvalue weighted by atomic mass is 19.4. The zero-order valence-electron chi connectivity index (χ0n) is 14.2. The lowest BCUT2D eigenvalue weighted by Gasteiger charge is -2.35. The summed E-state index contributed by atoms with van der Waals surface area (Å²) >= 11 is 0. The quantitative estimate of drug-likeness (QED) is 0.478. The van der Waals surface area contributed by atoms with Gasteiger partial charge in [0, 0.05) is 32.7 Å². The number of amides is 1. The second-order valence-corrected chi connectivity index (χ2v) is 5.96. The Kier molecular flexibility index (Phi) is 6.53. The van der Waals surface area contributed by atoms with Gasteiger partial charge in [0.05, 0.1) is 4.92 Å². The summed E-state index contributed by atoms with van der Waals surface area (Å²) in [5, 5.41) is 22.4. The number of hydrogen-bond donors (Lipinski definition) is 3. The normalized spacial score (nSPS) is 17.1. The van der Waals surface area contributed by atoms with Crippen LogP contribution in [-0.4, -0.2) is 70.9 Å². The summed E-state index contributed by atoms with van der Waals surface area (Å²) < 4.78 is 40.0. The number of alkyl halides is 3. The van der Waals surface area contributed by atoms with E-state index in [1.165, 1.54) is 4.90 Å². The van der Waals surface area contributed by atoms with Crippen LogP contribution in [0.15, 0.2) is 0 Å². The van der Waals surface area contributed by atoms with Crippen molar-refractivity contribution in [1.82, 2.24) is 25.7 Å². The van der Waals surface area contributed by atoms with Gasteiger partial charge in [0.25, 0.3) is 5.91 Å². The molecule has 0 spiro atoms. The van der Waals surface area contributed by atoms with Gasteiger partial charge in [-0.05, 0) is 6.42 Å². The molecule has 1 fully saturated rings. The van der Waals surface area contributed by atoms with Gasteiger partial charge in [-0.1, -0.05) is 13.3 Å². The van der Waals surface area contributed by atoms with Gasteiger partial charge in [-0.2, -0.15) is 18.3 Å². The molecule has 1 aliphatic rings. The predicted molar refractivity (Wildman–Crippen MR) is 85.9 cm³/mol. The number of halogens is 3. The van der Waals surface area contributed by atoms with Crippen molar-refractivity contribution in [2.24, 2.45) is 0 Å². The molecule has 1 saturated heterocycles. The third-order valence-corrected chi connectivity index (χ3v) is 4.14. The molecule has 12 heteroatoms. The number of H-pyrrole nitrogens is 1. The number of nitrogens with zero attached hydrogens (tertiary/aromatic N) is 3. The second-order valence-electron chi connectivity index (χ2n) is 5.96. The predicted octanol–water partition coefficient (Wildman–Crippen LogP) is 0.836. The van der Waals surface area contributed by atoms with Crippen molar-refractivity contribution >= 4 is 11.6 Å². The minimum Gasteiger partial charge on any atom is -0.348 e. The molecular weight excluding hydrogens is 357 g/mol. The zero-order valence-corrected chi connectivity index (χ0v) is 14.2.